The highest BCUT2D eigenvalue weighted by Gasteiger charge is 2.36. The molecule has 2 aliphatic heterocycles. The van der Waals surface area contributed by atoms with Crippen molar-refractivity contribution in [3.63, 3.8) is 0 Å². The van der Waals surface area contributed by atoms with Crippen LogP contribution in [-0.2, 0) is 4.79 Å². The molecular formula is C31H25Cl2N3O3. The van der Waals surface area contributed by atoms with Gasteiger partial charge in [0.15, 0.2) is 0 Å². The molecule has 1 N–H and O–H groups in total. The minimum Gasteiger partial charge on any atom is -0.457 e. The number of benzene rings is 4. The highest BCUT2D eigenvalue weighted by Crippen LogP contribution is 2.44. The summed E-state index contributed by atoms with van der Waals surface area (Å²) in [5, 5.41) is 3.63. The second kappa shape index (κ2) is 10.6. The van der Waals surface area contributed by atoms with E-state index in [-0.39, 0.29) is 17.7 Å². The number of nitrogens with zero attached hydrogens (tertiary/aromatic N) is 2. The van der Waals surface area contributed by atoms with Crippen molar-refractivity contribution in [2.24, 2.45) is 0 Å². The normalized spacial score (nSPS) is 14.7. The van der Waals surface area contributed by atoms with E-state index in [0.29, 0.717) is 47.5 Å². The van der Waals surface area contributed by atoms with Gasteiger partial charge in [0.2, 0.25) is 5.91 Å². The third-order valence-electron chi connectivity index (χ3n) is 7.19. The Morgan fingerprint density at radius 1 is 0.744 bits per heavy atom. The van der Waals surface area contributed by atoms with Gasteiger partial charge in [0, 0.05) is 54.2 Å². The molecule has 0 aliphatic carbocycles. The van der Waals surface area contributed by atoms with Gasteiger partial charge in [0.05, 0.1) is 16.0 Å². The molecule has 2 heterocycles. The largest absolute Gasteiger partial charge is 0.457 e. The van der Waals surface area contributed by atoms with Gasteiger partial charge in [0.25, 0.3) is 5.91 Å². The maximum Gasteiger partial charge on any atom is 0.255 e. The number of fused-ring (bicyclic) bond motifs is 2. The molecule has 8 heteroatoms. The predicted octanol–water partition coefficient (Wildman–Crippen LogP) is 6.83. The van der Waals surface area contributed by atoms with E-state index in [2.05, 4.69) is 10.2 Å². The number of ether oxygens (including phenoxy) is 1. The molecule has 2 amide bonds. The highest BCUT2D eigenvalue weighted by molar-refractivity contribution is 6.42. The maximum absolute atomic E-state index is 13.8. The number of para-hydroxylation sites is 2. The summed E-state index contributed by atoms with van der Waals surface area (Å²) < 4.78 is 6.07. The molecule has 6 rings (SSSR count). The number of anilines is 2. The Bertz CT molecular complexity index is 1500. The standard InChI is InChI=1S/C31H25Cl2N3O3/c32-25-14-9-20(19-26(25)33)30(37)34-21-10-12-22(13-11-21)35-15-17-36(18-16-35)31(38)29-23-5-1-3-7-27(23)39-28-8-4-2-6-24(28)29/h1-14,19,29H,15-18H2,(H,34,37). The van der Waals surface area contributed by atoms with Crippen LogP contribution in [0, 0.1) is 0 Å². The van der Waals surface area contributed by atoms with Crippen molar-refractivity contribution in [2.75, 3.05) is 36.4 Å². The molecule has 39 heavy (non-hydrogen) atoms. The number of rotatable bonds is 4. The molecule has 2 aliphatic rings. The molecule has 0 saturated carbocycles. The van der Waals surface area contributed by atoms with Gasteiger partial charge < -0.3 is 19.9 Å². The van der Waals surface area contributed by atoms with Gasteiger partial charge in [-0.2, -0.15) is 0 Å². The van der Waals surface area contributed by atoms with Gasteiger partial charge in [-0.3, -0.25) is 9.59 Å². The van der Waals surface area contributed by atoms with Crippen LogP contribution in [0.15, 0.2) is 91.0 Å². The summed E-state index contributed by atoms with van der Waals surface area (Å²) in [7, 11) is 0. The Kier molecular flexibility index (Phi) is 6.90. The molecule has 4 aromatic rings. The molecule has 0 aromatic heterocycles. The SMILES string of the molecule is O=C(Nc1ccc(N2CCN(C(=O)C3c4ccccc4Oc4ccccc43)CC2)cc1)c1ccc(Cl)c(Cl)c1. The Labute approximate surface area is 236 Å². The second-order valence-electron chi connectivity index (χ2n) is 9.55. The van der Waals surface area contributed by atoms with Crippen molar-refractivity contribution in [3.05, 3.63) is 118 Å². The number of carbonyl (C=O) groups is 2. The molecule has 4 aromatic carbocycles. The lowest BCUT2D eigenvalue weighted by Gasteiger charge is -2.38. The number of piperazine rings is 1. The molecule has 0 unspecified atom stereocenters. The monoisotopic (exact) mass is 557 g/mol. The number of carbonyl (C=O) groups excluding carboxylic acids is 2. The quantitative estimate of drug-likeness (QED) is 0.298. The van der Waals surface area contributed by atoms with Crippen LogP contribution in [0.4, 0.5) is 11.4 Å². The van der Waals surface area contributed by atoms with Crippen molar-refractivity contribution in [1.82, 2.24) is 4.90 Å². The van der Waals surface area contributed by atoms with E-state index in [1.54, 1.807) is 18.2 Å². The van der Waals surface area contributed by atoms with E-state index in [4.69, 9.17) is 27.9 Å². The van der Waals surface area contributed by atoms with Crippen LogP contribution in [-0.4, -0.2) is 42.9 Å². The zero-order valence-electron chi connectivity index (χ0n) is 20.9. The van der Waals surface area contributed by atoms with Crippen LogP contribution in [0.5, 0.6) is 11.5 Å². The fraction of sp³-hybridized carbons (Fsp3) is 0.161. The lowest BCUT2D eigenvalue weighted by Crippen LogP contribution is -2.50. The first-order chi connectivity index (χ1) is 19.0. The van der Waals surface area contributed by atoms with Gasteiger partial charge >= 0.3 is 0 Å². The maximum atomic E-state index is 13.8. The predicted molar refractivity (Wildman–Crippen MR) is 154 cm³/mol. The highest BCUT2D eigenvalue weighted by atomic mass is 35.5. The van der Waals surface area contributed by atoms with Crippen LogP contribution in [0.1, 0.15) is 27.4 Å². The third kappa shape index (κ3) is 5.05. The minimum atomic E-state index is -0.379. The fourth-order valence-electron chi connectivity index (χ4n) is 5.14. The summed E-state index contributed by atoms with van der Waals surface area (Å²) in [6.07, 6.45) is 0. The van der Waals surface area contributed by atoms with Crippen LogP contribution in [0.2, 0.25) is 10.0 Å². The summed E-state index contributed by atoms with van der Waals surface area (Å²) >= 11 is 12.0. The van der Waals surface area contributed by atoms with E-state index >= 15 is 0 Å². The van der Waals surface area contributed by atoms with E-state index in [9.17, 15) is 9.59 Å². The Balaban J connectivity index is 1.11. The molecule has 0 radical (unpaired) electrons. The topological polar surface area (TPSA) is 61.9 Å². The first-order valence-electron chi connectivity index (χ1n) is 12.7. The van der Waals surface area contributed by atoms with Crippen molar-refractivity contribution < 1.29 is 14.3 Å². The van der Waals surface area contributed by atoms with Crippen molar-refractivity contribution in [2.45, 2.75) is 5.92 Å². The van der Waals surface area contributed by atoms with Gasteiger partial charge in [-0.15, -0.1) is 0 Å². The van der Waals surface area contributed by atoms with Crippen molar-refractivity contribution in [3.8, 4) is 11.5 Å². The van der Waals surface area contributed by atoms with Gasteiger partial charge in [0.1, 0.15) is 11.5 Å². The number of hydrogen-bond acceptors (Lipinski definition) is 4. The molecule has 1 saturated heterocycles. The number of nitrogens with one attached hydrogen (secondary N) is 1. The molecule has 0 bridgehead atoms. The Morgan fingerprint density at radius 2 is 1.36 bits per heavy atom. The molecule has 0 spiro atoms. The smallest absolute Gasteiger partial charge is 0.255 e. The van der Waals surface area contributed by atoms with Gasteiger partial charge in [-0.05, 0) is 54.6 Å². The summed E-state index contributed by atoms with van der Waals surface area (Å²) in [6, 6.07) is 28.0. The number of hydrogen-bond donors (Lipinski definition) is 1. The summed E-state index contributed by atoms with van der Waals surface area (Å²) in [4.78, 5) is 30.6. The average molecular weight is 558 g/mol. The zero-order valence-corrected chi connectivity index (χ0v) is 22.5. The first kappa shape index (κ1) is 25.3. The Hall–Kier alpha value is -4.00. The van der Waals surface area contributed by atoms with Crippen LogP contribution < -0.4 is 15.0 Å². The van der Waals surface area contributed by atoms with Crippen LogP contribution in [0.3, 0.4) is 0 Å². The lowest BCUT2D eigenvalue weighted by molar-refractivity contribution is -0.132. The van der Waals surface area contributed by atoms with Crippen molar-refractivity contribution >= 4 is 46.4 Å². The minimum absolute atomic E-state index is 0.0956. The summed E-state index contributed by atoms with van der Waals surface area (Å²) in [6.45, 7) is 2.67. The molecule has 6 nitrogen and oxygen atoms in total. The lowest BCUT2D eigenvalue weighted by atomic mass is 9.86. The third-order valence-corrected chi connectivity index (χ3v) is 7.93. The summed E-state index contributed by atoms with van der Waals surface area (Å²) in [5.41, 5.74) is 3.96. The van der Waals surface area contributed by atoms with Gasteiger partial charge in [-0.25, -0.2) is 0 Å². The molecular weight excluding hydrogens is 533 g/mol. The van der Waals surface area contributed by atoms with Crippen LogP contribution >= 0.6 is 23.2 Å². The van der Waals surface area contributed by atoms with E-state index in [1.165, 1.54) is 0 Å². The van der Waals surface area contributed by atoms with E-state index < -0.39 is 0 Å². The zero-order chi connectivity index (χ0) is 26.9. The average Bonchev–Trinajstić information content (AvgIpc) is 2.97. The van der Waals surface area contributed by atoms with Crippen molar-refractivity contribution in [1.29, 1.82) is 0 Å². The molecule has 1 fully saturated rings. The van der Waals surface area contributed by atoms with E-state index in [0.717, 1.165) is 28.3 Å². The summed E-state index contributed by atoms with van der Waals surface area (Å²) in [5.74, 6) is 0.929. The molecule has 0 atom stereocenters. The second-order valence-corrected chi connectivity index (χ2v) is 10.4. The van der Waals surface area contributed by atoms with E-state index in [1.807, 2.05) is 77.7 Å². The van der Waals surface area contributed by atoms with Crippen LogP contribution in [0.25, 0.3) is 0 Å². The van der Waals surface area contributed by atoms with Gasteiger partial charge in [-0.1, -0.05) is 59.6 Å². The number of amides is 2. The Morgan fingerprint density at radius 3 is 1.97 bits per heavy atom. The first-order valence-corrected chi connectivity index (χ1v) is 13.5. The molecule has 196 valence electrons. The fourth-order valence-corrected chi connectivity index (χ4v) is 5.44. The number of halogens is 2.